The normalized spacial score (nSPS) is 19.9. The number of hydrogen-bond acceptors (Lipinski definition) is 6. The van der Waals surface area contributed by atoms with Crippen molar-refractivity contribution in [2.24, 2.45) is 0 Å². The smallest absolute Gasteiger partial charge is 0.420 e. The third-order valence-corrected chi connectivity index (χ3v) is 3.85. The minimum atomic E-state index is -0.806. The zero-order valence-corrected chi connectivity index (χ0v) is 17.8. The number of carbonyl (C=O) groups is 3. The Morgan fingerprint density at radius 1 is 1.03 bits per heavy atom. The number of nitrogens with zero attached hydrogens (tertiary/aromatic N) is 1. The van der Waals surface area contributed by atoms with Crippen LogP contribution in [-0.4, -0.2) is 46.4 Å². The third-order valence-electron chi connectivity index (χ3n) is 3.85. The summed E-state index contributed by atoms with van der Waals surface area (Å²) in [5.74, 6) is -0.553. The van der Waals surface area contributed by atoms with Crippen molar-refractivity contribution in [2.45, 2.75) is 71.3 Å². The monoisotopic (exact) mass is 403 g/mol. The average molecular weight is 403 g/mol. The molecule has 1 aromatic carbocycles. The van der Waals surface area contributed by atoms with Gasteiger partial charge in [0.05, 0.1) is 6.04 Å². The Labute approximate surface area is 171 Å². The molecule has 0 bridgehead atoms. The lowest BCUT2D eigenvalue weighted by Gasteiger charge is -2.26. The van der Waals surface area contributed by atoms with Gasteiger partial charge in [-0.05, 0) is 59.6 Å². The number of imide groups is 1. The van der Waals surface area contributed by atoms with Crippen LogP contribution in [0.15, 0.2) is 42.5 Å². The number of carbonyl (C=O) groups excluding carboxylic acids is 3. The molecule has 2 atom stereocenters. The maximum atomic E-state index is 12.6. The van der Waals surface area contributed by atoms with Crippen molar-refractivity contribution in [1.29, 1.82) is 0 Å². The maximum absolute atomic E-state index is 12.6. The molecule has 0 spiro atoms. The van der Waals surface area contributed by atoms with Gasteiger partial charge in [-0.15, -0.1) is 0 Å². The summed E-state index contributed by atoms with van der Waals surface area (Å²) in [5.41, 5.74) is -0.487. The van der Waals surface area contributed by atoms with Gasteiger partial charge in [-0.25, -0.2) is 19.3 Å². The number of amides is 2. The number of hydrogen-bond donors (Lipinski definition) is 0. The second-order valence-electron chi connectivity index (χ2n) is 8.85. The lowest BCUT2D eigenvalue weighted by molar-refractivity contribution is -0.148. The van der Waals surface area contributed by atoms with Crippen LogP contribution in [-0.2, 0) is 25.4 Å². The van der Waals surface area contributed by atoms with Crippen LogP contribution in [0.4, 0.5) is 9.59 Å². The van der Waals surface area contributed by atoms with E-state index in [0.29, 0.717) is 6.42 Å². The Morgan fingerprint density at radius 3 is 2.17 bits per heavy atom. The molecule has 1 aliphatic rings. The highest BCUT2D eigenvalue weighted by molar-refractivity contribution is 5.90. The number of rotatable bonds is 4. The van der Waals surface area contributed by atoms with Gasteiger partial charge >= 0.3 is 18.2 Å². The van der Waals surface area contributed by atoms with Gasteiger partial charge in [-0.1, -0.05) is 30.3 Å². The van der Waals surface area contributed by atoms with E-state index < -0.39 is 41.5 Å². The molecule has 158 valence electrons. The first-order valence-corrected chi connectivity index (χ1v) is 9.54. The zero-order chi connectivity index (χ0) is 21.8. The molecule has 7 nitrogen and oxygen atoms in total. The van der Waals surface area contributed by atoms with Gasteiger partial charge in [-0.3, -0.25) is 0 Å². The first-order valence-electron chi connectivity index (χ1n) is 9.54. The van der Waals surface area contributed by atoms with Gasteiger partial charge in [0.15, 0.2) is 0 Å². The molecule has 1 saturated heterocycles. The van der Waals surface area contributed by atoms with Crippen molar-refractivity contribution in [3.63, 3.8) is 0 Å². The number of benzene rings is 1. The molecule has 1 heterocycles. The van der Waals surface area contributed by atoms with Crippen molar-refractivity contribution >= 4 is 18.2 Å². The molecule has 7 heteroatoms. The first-order chi connectivity index (χ1) is 13.4. The van der Waals surface area contributed by atoms with Gasteiger partial charge in [0, 0.05) is 6.08 Å². The standard InChI is InChI=1S/C22H29NO6/c1-21(2,3)28-18(24)13-12-17-16(14-15-10-8-7-9-11-15)23(19(25)27-17)20(26)29-22(4,5)6/h7-13,16-17H,14H2,1-6H3/b13-12+/t16-,17-/m0/s1. The number of esters is 1. The molecule has 2 rings (SSSR count). The SMILES string of the molecule is CC(C)(C)OC(=O)/C=C/[C@@H]1OC(=O)N(C(=O)OC(C)(C)C)[C@H]1Cc1ccccc1. The van der Waals surface area contributed by atoms with Crippen LogP contribution in [0.2, 0.25) is 0 Å². The summed E-state index contributed by atoms with van der Waals surface area (Å²) in [4.78, 5) is 38.1. The highest BCUT2D eigenvalue weighted by Gasteiger charge is 2.46. The number of ether oxygens (including phenoxy) is 3. The van der Waals surface area contributed by atoms with Crippen LogP contribution in [0, 0.1) is 0 Å². The van der Waals surface area contributed by atoms with Crippen LogP contribution in [0.5, 0.6) is 0 Å². The lowest BCUT2D eigenvalue weighted by Crippen LogP contribution is -2.44. The summed E-state index contributed by atoms with van der Waals surface area (Å²) < 4.78 is 16.0. The van der Waals surface area contributed by atoms with Crippen LogP contribution in [0.1, 0.15) is 47.1 Å². The molecular weight excluding hydrogens is 374 g/mol. The van der Waals surface area contributed by atoms with Gasteiger partial charge in [0.25, 0.3) is 0 Å². The molecule has 0 aromatic heterocycles. The topological polar surface area (TPSA) is 82.1 Å². The quantitative estimate of drug-likeness (QED) is 0.425. The van der Waals surface area contributed by atoms with Crippen molar-refractivity contribution in [2.75, 3.05) is 0 Å². The van der Waals surface area contributed by atoms with Crippen molar-refractivity contribution in [3.05, 3.63) is 48.0 Å². The first kappa shape index (κ1) is 22.5. The molecule has 0 aliphatic carbocycles. The Bertz CT molecular complexity index is 773. The van der Waals surface area contributed by atoms with Gasteiger partial charge in [0.1, 0.15) is 17.3 Å². The van der Waals surface area contributed by atoms with E-state index in [-0.39, 0.29) is 0 Å². The molecule has 1 fully saturated rings. The summed E-state index contributed by atoms with van der Waals surface area (Å²) in [5, 5.41) is 0. The third kappa shape index (κ3) is 6.93. The molecule has 1 aliphatic heterocycles. The van der Waals surface area contributed by atoms with Gasteiger partial charge in [0.2, 0.25) is 0 Å². The largest absolute Gasteiger partial charge is 0.457 e. The number of cyclic esters (lactones) is 1. The molecule has 0 N–H and O–H groups in total. The predicted octanol–water partition coefficient (Wildman–Crippen LogP) is 4.25. The van der Waals surface area contributed by atoms with E-state index in [1.54, 1.807) is 41.5 Å². The highest BCUT2D eigenvalue weighted by atomic mass is 16.6. The molecular formula is C22H29NO6. The highest BCUT2D eigenvalue weighted by Crippen LogP contribution is 2.26. The van der Waals surface area contributed by atoms with Crippen molar-refractivity contribution < 1.29 is 28.6 Å². The van der Waals surface area contributed by atoms with Gasteiger partial charge < -0.3 is 14.2 Å². The van der Waals surface area contributed by atoms with Crippen LogP contribution >= 0.6 is 0 Å². The molecule has 1 aromatic rings. The molecule has 2 amide bonds. The van der Waals surface area contributed by atoms with Crippen LogP contribution in [0.3, 0.4) is 0 Å². The fraction of sp³-hybridized carbons (Fsp3) is 0.500. The fourth-order valence-corrected chi connectivity index (χ4v) is 2.79. The molecule has 0 radical (unpaired) electrons. The Hall–Kier alpha value is -2.83. The molecule has 0 saturated carbocycles. The summed E-state index contributed by atoms with van der Waals surface area (Å²) >= 11 is 0. The van der Waals surface area contributed by atoms with Crippen LogP contribution < -0.4 is 0 Å². The Kier molecular flexibility index (Phi) is 6.72. The molecule has 0 unspecified atom stereocenters. The lowest BCUT2D eigenvalue weighted by atomic mass is 10.0. The van der Waals surface area contributed by atoms with Gasteiger partial charge in [-0.2, -0.15) is 0 Å². The second-order valence-corrected chi connectivity index (χ2v) is 8.85. The zero-order valence-electron chi connectivity index (χ0n) is 17.8. The van der Waals surface area contributed by atoms with E-state index in [1.165, 1.54) is 12.2 Å². The second kappa shape index (κ2) is 8.68. The Morgan fingerprint density at radius 2 is 1.62 bits per heavy atom. The maximum Gasteiger partial charge on any atom is 0.420 e. The fourth-order valence-electron chi connectivity index (χ4n) is 2.79. The van der Waals surface area contributed by atoms with E-state index in [4.69, 9.17) is 14.2 Å². The minimum absolute atomic E-state index is 0.356. The summed E-state index contributed by atoms with van der Waals surface area (Å²) in [7, 11) is 0. The molecule has 29 heavy (non-hydrogen) atoms. The van der Waals surface area contributed by atoms with E-state index >= 15 is 0 Å². The summed E-state index contributed by atoms with van der Waals surface area (Å²) in [6.45, 7) is 10.4. The van der Waals surface area contributed by atoms with Crippen molar-refractivity contribution in [1.82, 2.24) is 4.90 Å². The van der Waals surface area contributed by atoms with E-state index in [0.717, 1.165) is 10.5 Å². The predicted molar refractivity (Wildman–Crippen MR) is 107 cm³/mol. The van der Waals surface area contributed by atoms with E-state index in [2.05, 4.69) is 0 Å². The Balaban J connectivity index is 2.26. The van der Waals surface area contributed by atoms with E-state index in [9.17, 15) is 14.4 Å². The van der Waals surface area contributed by atoms with Crippen LogP contribution in [0.25, 0.3) is 0 Å². The summed E-state index contributed by atoms with van der Waals surface area (Å²) in [6, 6.07) is 8.76. The van der Waals surface area contributed by atoms with E-state index in [1.807, 2.05) is 30.3 Å². The van der Waals surface area contributed by atoms with Crippen molar-refractivity contribution in [3.8, 4) is 0 Å². The average Bonchev–Trinajstić information content (AvgIpc) is 2.86. The minimum Gasteiger partial charge on any atom is -0.457 e. The summed E-state index contributed by atoms with van der Waals surface area (Å²) in [6.07, 6.45) is 0.636.